The summed E-state index contributed by atoms with van der Waals surface area (Å²) in [4.78, 5) is 25.5. The number of nitrogens with one attached hydrogen (secondary N) is 1. The molecule has 0 radical (unpaired) electrons. The molecule has 0 spiro atoms. The number of imidazole rings is 1. The number of nitrogens with zero attached hydrogens (tertiary/aromatic N) is 4. The van der Waals surface area contributed by atoms with Gasteiger partial charge < -0.3 is 29.6 Å². The van der Waals surface area contributed by atoms with Crippen LogP contribution in [0.2, 0.25) is 0 Å². The normalized spacial score (nSPS) is 29.3. The number of aromatic nitrogens is 4. The van der Waals surface area contributed by atoms with Crippen LogP contribution in [0.3, 0.4) is 0 Å². The van der Waals surface area contributed by atoms with Gasteiger partial charge in [0.1, 0.15) is 35.7 Å². The van der Waals surface area contributed by atoms with E-state index in [1.165, 1.54) is 31.9 Å². The number of halogens is 1. The predicted molar refractivity (Wildman–Crippen MR) is 167 cm³/mol. The second-order valence-corrected chi connectivity index (χ2v) is 14.0. The number of esters is 1. The van der Waals surface area contributed by atoms with Crippen LogP contribution in [-0.2, 0) is 23.4 Å². The van der Waals surface area contributed by atoms with Crippen molar-refractivity contribution in [3.8, 4) is 11.6 Å². The fraction of sp³-hybridized carbons (Fsp3) is 0.484. The van der Waals surface area contributed by atoms with Crippen LogP contribution in [0.5, 0.6) is 11.6 Å². The number of nitrogens with two attached hydrogens (primary N) is 1. The highest BCUT2D eigenvalue weighted by Crippen LogP contribution is 2.67. The first kappa shape index (κ1) is 31.7. The van der Waals surface area contributed by atoms with Crippen molar-refractivity contribution in [2.75, 3.05) is 12.8 Å². The van der Waals surface area contributed by atoms with Crippen molar-refractivity contribution in [2.45, 2.75) is 87.8 Å². The minimum atomic E-state index is -4.55. The SMILES string of the molecule is COc1nc(N)nc2c1ncn2C1OC2C(OP(=O)(NC(C)C(=O)OC3CCCCC3)Oc3cccc4ccccc34)C2(F)C1(C)O. The molecule has 1 aliphatic heterocycles. The van der Waals surface area contributed by atoms with Crippen molar-refractivity contribution in [1.82, 2.24) is 24.6 Å². The highest BCUT2D eigenvalue weighted by atomic mass is 31.2. The number of anilines is 1. The van der Waals surface area contributed by atoms with Crippen LogP contribution in [0.4, 0.5) is 10.3 Å². The van der Waals surface area contributed by atoms with Crippen LogP contribution in [0, 0.1) is 0 Å². The molecule has 1 saturated heterocycles. The quantitative estimate of drug-likeness (QED) is 0.160. The summed E-state index contributed by atoms with van der Waals surface area (Å²) in [5.41, 5.74) is 1.44. The number of ether oxygens (including phenoxy) is 3. The molecular formula is C31H36FN6O8P. The molecule has 14 nitrogen and oxygen atoms in total. The monoisotopic (exact) mass is 670 g/mol. The van der Waals surface area contributed by atoms with Crippen LogP contribution >= 0.6 is 7.75 Å². The molecule has 2 aliphatic carbocycles. The topological polar surface area (TPSA) is 182 Å². The van der Waals surface area contributed by atoms with Gasteiger partial charge in [0.25, 0.3) is 0 Å². The fourth-order valence-corrected chi connectivity index (χ4v) is 8.28. The lowest BCUT2D eigenvalue weighted by Crippen LogP contribution is -2.46. The zero-order valence-electron chi connectivity index (χ0n) is 26.0. The van der Waals surface area contributed by atoms with E-state index in [0.717, 1.165) is 37.5 Å². The zero-order valence-corrected chi connectivity index (χ0v) is 26.9. The number of hydrogen-bond acceptors (Lipinski definition) is 12. The predicted octanol–water partition coefficient (Wildman–Crippen LogP) is 4.37. The van der Waals surface area contributed by atoms with Gasteiger partial charge in [-0.25, -0.2) is 13.9 Å². The third kappa shape index (κ3) is 5.39. The molecule has 47 heavy (non-hydrogen) atoms. The highest BCUT2D eigenvalue weighted by Gasteiger charge is 2.86. The minimum absolute atomic E-state index is 0.0963. The molecule has 7 unspecified atom stereocenters. The molecule has 0 amide bonds. The van der Waals surface area contributed by atoms with Crippen LogP contribution in [0.25, 0.3) is 21.9 Å². The van der Waals surface area contributed by atoms with E-state index in [4.69, 9.17) is 29.0 Å². The van der Waals surface area contributed by atoms with Gasteiger partial charge in [0.05, 0.1) is 13.4 Å². The molecule has 250 valence electrons. The summed E-state index contributed by atoms with van der Waals surface area (Å²) in [6.07, 6.45) is 1.33. The Labute approximate surface area is 269 Å². The van der Waals surface area contributed by atoms with Gasteiger partial charge in [-0.05, 0) is 51.0 Å². The summed E-state index contributed by atoms with van der Waals surface area (Å²) < 4.78 is 61.5. The summed E-state index contributed by atoms with van der Waals surface area (Å²) in [5, 5.41) is 15.7. The van der Waals surface area contributed by atoms with Gasteiger partial charge in [0.15, 0.2) is 17.4 Å². The Hall–Kier alpha value is -3.88. The highest BCUT2D eigenvalue weighted by molar-refractivity contribution is 7.52. The number of alkyl halides is 1. The number of nitrogen functional groups attached to an aromatic ring is 1. The molecule has 2 aromatic carbocycles. The summed E-state index contributed by atoms with van der Waals surface area (Å²) in [5.74, 6) is -0.477. The molecule has 4 aromatic rings. The largest absolute Gasteiger partial charge is 0.479 e. The van der Waals surface area contributed by atoms with Crippen LogP contribution in [-0.4, -0.2) is 73.3 Å². The van der Waals surface area contributed by atoms with Crippen LogP contribution in [0.15, 0.2) is 48.8 Å². The summed E-state index contributed by atoms with van der Waals surface area (Å²) >= 11 is 0. The Morgan fingerprint density at radius 3 is 2.66 bits per heavy atom. The summed E-state index contributed by atoms with van der Waals surface area (Å²) in [6, 6.07) is 11.3. The van der Waals surface area contributed by atoms with Gasteiger partial charge in [0.2, 0.25) is 17.5 Å². The number of benzene rings is 2. The first-order chi connectivity index (χ1) is 22.4. The van der Waals surface area contributed by atoms with Gasteiger partial charge in [-0.3, -0.25) is 13.9 Å². The lowest BCUT2D eigenvalue weighted by molar-refractivity contribution is -0.152. The van der Waals surface area contributed by atoms with Crippen molar-refractivity contribution in [2.24, 2.45) is 0 Å². The second kappa shape index (κ2) is 11.7. The molecular weight excluding hydrogens is 634 g/mol. The number of carbonyl (C=O) groups excluding carboxylic acids is 1. The number of carbonyl (C=O) groups is 1. The van der Waals surface area contributed by atoms with Crippen LogP contribution < -0.4 is 20.1 Å². The van der Waals surface area contributed by atoms with Gasteiger partial charge in [-0.2, -0.15) is 15.1 Å². The van der Waals surface area contributed by atoms with E-state index < -0.39 is 49.5 Å². The lowest BCUT2D eigenvalue weighted by Gasteiger charge is -2.32. The Kier molecular flexibility index (Phi) is 7.87. The van der Waals surface area contributed by atoms with Crippen molar-refractivity contribution in [1.29, 1.82) is 0 Å². The maximum Gasteiger partial charge on any atom is 0.459 e. The smallest absolute Gasteiger partial charge is 0.459 e. The molecule has 7 atom stereocenters. The molecule has 16 heteroatoms. The lowest BCUT2D eigenvalue weighted by atomic mass is 9.97. The second-order valence-electron chi connectivity index (χ2n) is 12.4. The molecule has 4 N–H and O–H groups in total. The number of fused-ring (bicyclic) bond motifs is 3. The summed E-state index contributed by atoms with van der Waals surface area (Å²) in [7, 11) is -3.16. The average molecular weight is 671 g/mol. The van der Waals surface area contributed by atoms with Crippen molar-refractivity contribution in [3.05, 3.63) is 48.8 Å². The maximum absolute atomic E-state index is 16.8. The number of rotatable bonds is 10. The molecule has 7 rings (SSSR count). The molecule has 2 aromatic heterocycles. The zero-order chi connectivity index (χ0) is 33.1. The molecule has 3 aliphatic rings. The minimum Gasteiger partial charge on any atom is -0.479 e. The molecule has 2 saturated carbocycles. The van der Waals surface area contributed by atoms with E-state index >= 15 is 4.39 Å². The average Bonchev–Trinajstić information content (AvgIpc) is 3.28. The fourth-order valence-electron chi connectivity index (χ4n) is 6.57. The molecule has 0 bridgehead atoms. The first-order valence-corrected chi connectivity index (χ1v) is 17.0. The van der Waals surface area contributed by atoms with Gasteiger partial charge in [-0.1, -0.05) is 42.8 Å². The molecule has 3 heterocycles. The maximum atomic E-state index is 16.8. The molecule has 3 fully saturated rings. The summed E-state index contributed by atoms with van der Waals surface area (Å²) in [6.45, 7) is 2.71. The Morgan fingerprint density at radius 1 is 1.19 bits per heavy atom. The van der Waals surface area contributed by atoms with E-state index in [0.29, 0.717) is 5.39 Å². The number of aliphatic hydroxyl groups is 1. The number of methoxy groups -OCH3 is 1. The van der Waals surface area contributed by atoms with E-state index in [9.17, 15) is 14.5 Å². The van der Waals surface area contributed by atoms with Crippen LogP contribution in [0.1, 0.15) is 52.2 Å². The van der Waals surface area contributed by atoms with E-state index in [2.05, 4.69) is 20.0 Å². The third-order valence-electron chi connectivity index (χ3n) is 9.14. The van der Waals surface area contributed by atoms with Crippen molar-refractivity contribution < 1.29 is 42.1 Å². The van der Waals surface area contributed by atoms with Gasteiger partial charge >= 0.3 is 13.7 Å². The standard InChI is InChI=1S/C31H36FN6O8P/c1-17(27(39)43-19-12-5-4-6-13-19)37-47(41,45-21-15-9-11-18-10-7-8-14-20(18)21)46-24-23-31(24,32)30(2,40)28(44-23)38-16-34-22-25(38)35-29(33)36-26(22)42-3/h7-11,14-17,19,23-24,28,40H,4-6,12-13H2,1-3H3,(H,37,41)(H2,33,35,36). The van der Waals surface area contributed by atoms with Gasteiger partial charge in [-0.15, -0.1) is 0 Å². The van der Waals surface area contributed by atoms with E-state index in [1.807, 2.05) is 18.2 Å². The Bertz CT molecular complexity index is 1880. The Balaban J connectivity index is 1.16. The van der Waals surface area contributed by atoms with Crippen molar-refractivity contribution in [3.63, 3.8) is 0 Å². The first-order valence-electron chi connectivity index (χ1n) is 15.5. The Morgan fingerprint density at radius 2 is 1.94 bits per heavy atom. The third-order valence-corrected chi connectivity index (χ3v) is 10.8. The van der Waals surface area contributed by atoms with E-state index in [1.54, 1.807) is 24.3 Å². The van der Waals surface area contributed by atoms with E-state index in [-0.39, 0.29) is 34.8 Å². The van der Waals surface area contributed by atoms with Crippen molar-refractivity contribution >= 4 is 41.6 Å². The van der Waals surface area contributed by atoms with Gasteiger partial charge in [0, 0.05) is 5.39 Å². The number of hydrogen-bond donors (Lipinski definition) is 3.